The third-order valence-corrected chi connectivity index (χ3v) is 3.04. The molecule has 0 heterocycles. The molecule has 0 aliphatic heterocycles. The van der Waals surface area contributed by atoms with Crippen molar-refractivity contribution in [1.29, 1.82) is 0 Å². The van der Waals surface area contributed by atoms with Crippen molar-refractivity contribution in [2.45, 2.75) is 37.1 Å². The Kier molecular flexibility index (Phi) is 5.13. The number of aryl methyl sites for hydroxylation is 1. The molecule has 112 valence electrons. The molecule has 4 N–H and O–H groups in total. The van der Waals surface area contributed by atoms with E-state index in [1.807, 2.05) is 0 Å². The minimum Gasteiger partial charge on any atom is -0.384 e. The lowest BCUT2D eigenvalue weighted by Crippen LogP contribution is -2.49. The second-order valence-corrected chi connectivity index (χ2v) is 4.64. The predicted octanol–water partition coefficient (Wildman–Crippen LogP) is 1.15. The SMILES string of the molecule is NC(=O)C(O)(CCc1ccccc1)C[C@@H](O)C(F)(F)F. The van der Waals surface area contributed by atoms with Crippen LogP contribution >= 0.6 is 0 Å². The quantitative estimate of drug-likeness (QED) is 0.735. The van der Waals surface area contributed by atoms with Crippen LogP contribution in [0.2, 0.25) is 0 Å². The molecule has 1 unspecified atom stereocenters. The van der Waals surface area contributed by atoms with Gasteiger partial charge in [0.1, 0.15) is 5.60 Å². The van der Waals surface area contributed by atoms with Crippen LogP contribution in [-0.4, -0.2) is 34.0 Å². The number of carbonyl (C=O) groups is 1. The summed E-state index contributed by atoms with van der Waals surface area (Å²) >= 11 is 0. The highest BCUT2D eigenvalue weighted by atomic mass is 19.4. The lowest BCUT2D eigenvalue weighted by Gasteiger charge is -2.28. The minimum absolute atomic E-state index is 0.171. The van der Waals surface area contributed by atoms with Gasteiger partial charge in [0.25, 0.3) is 0 Å². The van der Waals surface area contributed by atoms with Crippen molar-refractivity contribution in [2.75, 3.05) is 0 Å². The molecular formula is C13H16F3NO3. The largest absolute Gasteiger partial charge is 0.414 e. The maximum atomic E-state index is 12.3. The van der Waals surface area contributed by atoms with Crippen molar-refractivity contribution in [3.05, 3.63) is 35.9 Å². The fourth-order valence-electron chi connectivity index (χ4n) is 1.76. The van der Waals surface area contributed by atoms with Crippen molar-refractivity contribution in [3.8, 4) is 0 Å². The van der Waals surface area contributed by atoms with E-state index in [0.717, 1.165) is 5.56 Å². The van der Waals surface area contributed by atoms with Gasteiger partial charge in [0.15, 0.2) is 6.10 Å². The van der Waals surface area contributed by atoms with Crippen molar-refractivity contribution in [2.24, 2.45) is 5.73 Å². The van der Waals surface area contributed by atoms with E-state index in [-0.39, 0.29) is 12.8 Å². The molecule has 0 fully saturated rings. The maximum Gasteiger partial charge on any atom is 0.414 e. The Morgan fingerprint density at radius 3 is 2.25 bits per heavy atom. The van der Waals surface area contributed by atoms with Gasteiger partial charge in [-0.2, -0.15) is 13.2 Å². The standard InChI is InChI=1S/C13H16F3NO3/c14-13(15,16)10(18)8-12(20,11(17)19)7-6-9-4-2-1-3-5-9/h1-5,10,18,20H,6-8H2,(H2,17,19)/t10-,12?/m1/s1. The van der Waals surface area contributed by atoms with Crippen LogP contribution in [0.4, 0.5) is 13.2 Å². The summed E-state index contributed by atoms with van der Waals surface area (Å²) in [4.78, 5) is 11.2. The van der Waals surface area contributed by atoms with E-state index in [0.29, 0.717) is 0 Å². The Morgan fingerprint density at radius 1 is 1.25 bits per heavy atom. The van der Waals surface area contributed by atoms with E-state index in [2.05, 4.69) is 0 Å². The molecule has 2 atom stereocenters. The number of rotatable bonds is 6. The molecule has 0 aliphatic carbocycles. The molecule has 0 aliphatic rings. The predicted molar refractivity (Wildman–Crippen MR) is 65.6 cm³/mol. The van der Waals surface area contributed by atoms with Crippen molar-refractivity contribution >= 4 is 5.91 Å². The zero-order chi connectivity index (χ0) is 15.4. The van der Waals surface area contributed by atoms with Gasteiger partial charge < -0.3 is 15.9 Å². The highest BCUT2D eigenvalue weighted by Gasteiger charge is 2.46. The lowest BCUT2D eigenvalue weighted by atomic mass is 9.88. The Balaban J connectivity index is 2.75. The number of halogens is 3. The van der Waals surface area contributed by atoms with Gasteiger partial charge >= 0.3 is 6.18 Å². The van der Waals surface area contributed by atoms with Crippen molar-refractivity contribution in [3.63, 3.8) is 0 Å². The third-order valence-electron chi connectivity index (χ3n) is 3.04. The van der Waals surface area contributed by atoms with Crippen molar-refractivity contribution in [1.82, 2.24) is 0 Å². The molecule has 0 aromatic heterocycles. The number of carbonyl (C=O) groups excluding carboxylic acids is 1. The molecule has 0 saturated heterocycles. The summed E-state index contributed by atoms with van der Waals surface area (Å²) in [5.41, 5.74) is 3.31. The van der Waals surface area contributed by atoms with E-state index in [1.165, 1.54) is 0 Å². The van der Waals surface area contributed by atoms with Crippen LogP contribution in [0.5, 0.6) is 0 Å². The number of aliphatic hydroxyl groups excluding tert-OH is 1. The summed E-state index contributed by atoms with van der Waals surface area (Å²) in [6, 6.07) is 8.63. The smallest absolute Gasteiger partial charge is 0.384 e. The van der Waals surface area contributed by atoms with Crippen LogP contribution in [-0.2, 0) is 11.2 Å². The molecule has 4 nitrogen and oxygen atoms in total. The third kappa shape index (κ3) is 4.50. The molecule has 0 saturated carbocycles. The van der Waals surface area contributed by atoms with E-state index in [1.54, 1.807) is 30.3 Å². The average molecular weight is 291 g/mol. The first-order chi connectivity index (χ1) is 9.15. The second-order valence-electron chi connectivity index (χ2n) is 4.64. The highest BCUT2D eigenvalue weighted by Crippen LogP contribution is 2.29. The summed E-state index contributed by atoms with van der Waals surface area (Å²) in [5, 5.41) is 18.9. The Morgan fingerprint density at radius 2 is 1.80 bits per heavy atom. The zero-order valence-electron chi connectivity index (χ0n) is 10.6. The number of hydrogen-bond acceptors (Lipinski definition) is 3. The van der Waals surface area contributed by atoms with Gasteiger partial charge in [0, 0.05) is 6.42 Å². The van der Waals surface area contributed by atoms with Gasteiger partial charge in [-0.25, -0.2) is 0 Å². The summed E-state index contributed by atoms with van der Waals surface area (Å²) in [7, 11) is 0. The van der Waals surface area contributed by atoms with Crippen LogP contribution in [0.15, 0.2) is 30.3 Å². The molecule has 1 rings (SSSR count). The van der Waals surface area contributed by atoms with Gasteiger partial charge in [-0.3, -0.25) is 4.79 Å². The molecule has 0 bridgehead atoms. The zero-order valence-corrected chi connectivity index (χ0v) is 10.6. The Bertz CT molecular complexity index is 450. The number of nitrogens with two attached hydrogens (primary N) is 1. The molecule has 7 heteroatoms. The molecule has 1 aromatic rings. The monoisotopic (exact) mass is 291 g/mol. The van der Waals surface area contributed by atoms with Crippen LogP contribution in [0.1, 0.15) is 18.4 Å². The molecule has 1 aromatic carbocycles. The maximum absolute atomic E-state index is 12.3. The average Bonchev–Trinajstić information content (AvgIpc) is 2.36. The normalized spacial score (nSPS) is 16.4. The van der Waals surface area contributed by atoms with Crippen molar-refractivity contribution < 1.29 is 28.2 Å². The first-order valence-electron chi connectivity index (χ1n) is 5.96. The summed E-state index contributed by atoms with van der Waals surface area (Å²) in [5.74, 6) is -1.28. The van der Waals surface area contributed by atoms with E-state index in [4.69, 9.17) is 10.8 Å². The van der Waals surface area contributed by atoms with Gasteiger partial charge in [-0.15, -0.1) is 0 Å². The van der Waals surface area contributed by atoms with Gasteiger partial charge in [0.2, 0.25) is 5.91 Å². The summed E-state index contributed by atoms with van der Waals surface area (Å²) < 4.78 is 36.9. The van der Waals surface area contributed by atoms with Crippen LogP contribution in [0, 0.1) is 0 Å². The number of benzene rings is 1. The molecule has 0 radical (unpaired) electrons. The lowest BCUT2D eigenvalue weighted by molar-refractivity contribution is -0.217. The first-order valence-corrected chi connectivity index (χ1v) is 5.96. The number of primary amides is 1. The van der Waals surface area contributed by atoms with E-state index >= 15 is 0 Å². The van der Waals surface area contributed by atoms with E-state index in [9.17, 15) is 23.1 Å². The van der Waals surface area contributed by atoms with Crippen LogP contribution < -0.4 is 5.73 Å². The van der Waals surface area contributed by atoms with Gasteiger partial charge in [-0.05, 0) is 18.4 Å². The fraction of sp³-hybridized carbons (Fsp3) is 0.462. The Labute approximate surface area is 114 Å². The van der Waals surface area contributed by atoms with Gasteiger partial charge in [0.05, 0.1) is 0 Å². The second kappa shape index (κ2) is 6.23. The topological polar surface area (TPSA) is 83.6 Å². The minimum atomic E-state index is -4.91. The molecular weight excluding hydrogens is 275 g/mol. The first kappa shape index (κ1) is 16.5. The Hall–Kier alpha value is -1.60. The number of amides is 1. The number of alkyl halides is 3. The number of hydrogen-bond donors (Lipinski definition) is 3. The van der Waals surface area contributed by atoms with Crippen LogP contribution in [0.25, 0.3) is 0 Å². The molecule has 0 spiro atoms. The van der Waals surface area contributed by atoms with Gasteiger partial charge in [-0.1, -0.05) is 30.3 Å². The summed E-state index contributed by atoms with van der Waals surface area (Å²) in [6.07, 6.45) is -8.99. The molecule has 20 heavy (non-hydrogen) atoms. The summed E-state index contributed by atoms with van der Waals surface area (Å²) in [6.45, 7) is 0. The van der Waals surface area contributed by atoms with Crippen LogP contribution in [0.3, 0.4) is 0 Å². The van der Waals surface area contributed by atoms with E-state index < -0.39 is 30.2 Å². The number of aliphatic hydroxyl groups is 2. The molecule has 1 amide bonds. The fourth-order valence-corrected chi connectivity index (χ4v) is 1.76. The highest BCUT2D eigenvalue weighted by molar-refractivity contribution is 5.83.